The van der Waals surface area contributed by atoms with Gasteiger partial charge in [-0.05, 0) is 23.8 Å². The molecule has 1 heterocycles. The van der Waals surface area contributed by atoms with Gasteiger partial charge in [-0.25, -0.2) is 0 Å². The van der Waals surface area contributed by atoms with E-state index in [-0.39, 0.29) is 24.2 Å². The van der Waals surface area contributed by atoms with Crippen LogP contribution in [0.5, 0.6) is 11.5 Å². The number of carbonyl (C=O) groups excluding carboxylic acids is 1. The third-order valence-electron chi connectivity index (χ3n) is 3.52. The first kappa shape index (κ1) is 16.5. The number of nitrogens with zero attached hydrogens (tertiary/aromatic N) is 2. The van der Waals surface area contributed by atoms with Crippen LogP contribution in [-0.2, 0) is 11.2 Å². The topological polar surface area (TPSA) is 86.5 Å². The van der Waals surface area contributed by atoms with Gasteiger partial charge in [0.05, 0.1) is 26.2 Å². The van der Waals surface area contributed by atoms with Crippen molar-refractivity contribution in [1.82, 2.24) is 10.2 Å². The molecule has 0 bridgehead atoms. The molecule has 3 aromatic rings. The van der Waals surface area contributed by atoms with Crippen molar-refractivity contribution < 1.29 is 18.7 Å². The lowest BCUT2D eigenvalue weighted by atomic mass is 10.1. The Morgan fingerprint density at radius 1 is 1.08 bits per heavy atom. The van der Waals surface area contributed by atoms with Gasteiger partial charge in [0.25, 0.3) is 5.89 Å². The Morgan fingerprint density at radius 3 is 2.60 bits per heavy atom. The van der Waals surface area contributed by atoms with Crippen LogP contribution in [0.15, 0.2) is 52.9 Å². The van der Waals surface area contributed by atoms with Crippen molar-refractivity contribution in [3.05, 3.63) is 54.1 Å². The monoisotopic (exact) mass is 339 g/mol. The van der Waals surface area contributed by atoms with Gasteiger partial charge >= 0.3 is 6.01 Å². The predicted molar refractivity (Wildman–Crippen MR) is 91.6 cm³/mol. The minimum atomic E-state index is -0.237. The summed E-state index contributed by atoms with van der Waals surface area (Å²) in [6.45, 7) is 0. The molecule has 0 aliphatic carbocycles. The van der Waals surface area contributed by atoms with Gasteiger partial charge in [-0.15, -0.1) is 5.10 Å². The third kappa shape index (κ3) is 3.95. The van der Waals surface area contributed by atoms with Gasteiger partial charge in [0.15, 0.2) is 0 Å². The Kier molecular flexibility index (Phi) is 4.94. The van der Waals surface area contributed by atoms with Crippen molar-refractivity contribution in [3.63, 3.8) is 0 Å². The molecule has 1 N–H and O–H groups in total. The normalized spacial score (nSPS) is 10.3. The highest BCUT2D eigenvalue weighted by Gasteiger charge is 2.16. The first-order valence-corrected chi connectivity index (χ1v) is 7.59. The average molecular weight is 339 g/mol. The molecule has 0 radical (unpaired) electrons. The first-order chi connectivity index (χ1) is 12.2. The zero-order valence-corrected chi connectivity index (χ0v) is 13.9. The van der Waals surface area contributed by atoms with Crippen LogP contribution in [0.2, 0.25) is 0 Å². The van der Waals surface area contributed by atoms with E-state index in [0.717, 1.165) is 5.56 Å². The molecule has 0 unspecified atom stereocenters. The summed E-state index contributed by atoms with van der Waals surface area (Å²) in [4.78, 5) is 12.1. The highest BCUT2D eigenvalue weighted by Crippen LogP contribution is 2.33. The quantitative estimate of drug-likeness (QED) is 0.743. The highest BCUT2D eigenvalue weighted by molar-refractivity contribution is 5.90. The second kappa shape index (κ2) is 7.48. The van der Waals surface area contributed by atoms with Gasteiger partial charge in [0.1, 0.15) is 11.5 Å². The standard InChI is InChI=1S/C18H17N3O4/c1-23-13-8-9-15(24-2)14(11-13)17-20-21-18(25-17)19-16(22)10-12-6-4-3-5-7-12/h3-9,11H,10H2,1-2H3,(H,19,21,22). The van der Waals surface area contributed by atoms with E-state index in [9.17, 15) is 4.79 Å². The Balaban J connectivity index is 1.75. The van der Waals surface area contributed by atoms with E-state index < -0.39 is 0 Å². The highest BCUT2D eigenvalue weighted by atomic mass is 16.5. The summed E-state index contributed by atoms with van der Waals surface area (Å²) in [7, 11) is 3.11. The molecule has 0 spiro atoms. The molecule has 1 aromatic heterocycles. The van der Waals surface area contributed by atoms with Crippen LogP contribution in [-0.4, -0.2) is 30.3 Å². The number of carbonyl (C=O) groups is 1. The van der Waals surface area contributed by atoms with Gasteiger partial charge in [0.2, 0.25) is 5.91 Å². The maximum atomic E-state index is 12.1. The van der Waals surface area contributed by atoms with Crippen molar-refractivity contribution >= 4 is 11.9 Å². The zero-order chi connectivity index (χ0) is 17.6. The van der Waals surface area contributed by atoms with Crippen LogP contribution in [0.1, 0.15) is 5.56 Å². The SMILES string of the molecule is COc1ccc(OC)c(-c2nnc(NC(=O)Cc3ccccc3)o2)c1. The van der Waals surface area contributed by atoms with Crippen LogP contribution < -0.4 is 14.8 Å². The van der Waals surface area contributed by atoms with Crippen molar-refractivity contribution in [1.29, 1.82) is 0 Å². The lowest BCUT2D eigenvalue weighted by molar-refractivity contribution is -0.115. The summed E-state index contributed by atoms with van der Waals surface area (Å²) in [5, 5.41) is 10.4. The Hall–Kier alpha value is -3.35. The predicted octanol–water partition coefficient (Wildman–Crippen LogP) is 2.94. The fourth-order valence-corrected chi connectivity index (χ4v) is 2.31. The molecule has 0 saturated heterocycles. The van der Waals surface area contributed by atoms with Crippen molar-refractivity contribution in [3.8, 4) is 23.0 Å². The summed E-state index contributed by atoms with van der Waals surface area (Å²) in [6, 6.07) is 14.7. The molecule has 3 rings (SSSR count). The third-order valence-corrected chi connectivity index (χ3v) is 3.52. The molecule has 0 aliphatic rings. The molecule has 7 heteroatoms. The number of rotatable bonds is 6. The Labute approximate surface area is 144 Å². The molecule has 25 heavy (non-hydrogen) atoms. The number of amides is 1. The number of benzene rings is 2. The minimum absolute atomic E-state index is 0.0285. The van der Waals surface area contributed by atoms with Crippen LogP contribution in [0.25, 0.3) is 11.5 Å². The summed E-state index contributed by atoms with van der Waals surface area (Å²) in [5.74, 6) is 1.18. The van der Waals surface area contributed by atoms with E-state index in [1.807, 2.05) is 30.3 Å². The molecule has 2 aromatic carbocycles. The Bertz CT molecular complexity index is 862. The van der Waals surface area contributed by atoms with Gasteiger partial charge in [-0.2, -0.15) is 0 Å². The maximum Gasteiger partial charge on any atom is 0.322 e. The number of methoxy groups -OCH3 is 2. The van der Waals surface area contributed by atoms with E-state index in [0.29, 0.717) is 17.1 Å². The summed E-state index contributed by atoms with van der Waals surface area (Å²) < 4.78 is 16.0. The van der Waals surface area contributed by atoms with E-state index in [4.69, 9.17) is 13.9 Å². The number of hydrogen-bond donors (Lipinski definition) is 1. The molecule has 0 saturated carbocycles. The fraction of sp³-hybridized carbons (Fsp3) is 0.167. The molecule has 1 amide bonds. The zero-order valence-electron chi connectivity index (χ0n) is 13.9. The molecular weight excluding hydrogens is 322 g/mol. The lowest BCUT2D eigenvalue weighted by Crippen LogP contribution is -2.14. The van der Waals surface area contributed by atoms with E-state index in [2.05, 4.69) is 15.5 Å². The first-order valence-electron chi connectivity index (χ1n) is 7.59. The fourth-order valence-electron chi connectivity index (χ4n) is 2.31. The van der Waals surface area contributed by atoms with Gasteiger partial charge in [-0.3, -0.25) is 10.1 Å². The van der Waals surface area contributed by atoms with Crippen LogP contribution in [0.4, 0.5) is 6.01 Å². The number of hydrogen-bond acceptors (Lipinski definition) is 6. The molecule has 7 nitrogen and oxygen atoms in total. The van der Waals surface area contributed by atoms with Gasteiger partial charge in [0, 0.05) is 0 Å². The van der Waals surface area contributed by atoms with Crippen molar-refractivity contribution in [2.45, 2.75) is 6.42 Å². The van der Waals surface area contributed by atoms with E-state index in [1.54, 1.807) is 32.4 Å². The lowest BCUT2D eigenvalue weighted by Gasteiger charge is -2.07. The van der Waals surface area contributed by atoms with Crippen molar-refractivity contribution in [2.24, 2.45) is 0 Å². The Morgan fingerprint density at radius 2 is 1.88 bits per heavy atom. The minimum Gasteiger partial charge on any atom is -0.497 e. The summed E-state index contributed by atoms with van der Waals surface area (Å²) in [6.07, 6.45) is 0.223. The molecule has 0 fully saturated rings. The molecule has 0 atom stereocenters. The van der Waals surface area contributed by atoms with Crippen LogP contribution in [0, 0.1) is 0 Å². The number of anilines is 1. The van der Waals surface area contributed by atoms with Gasteiger partial charge < -0.3 is 13.9 Å². The van der Waals surface area contributed by atoms with E-state index >= 15 is 0 Å². The smallest absolute Gasteiger partial charge is 0.322 e. The second-order valence-corrected chi connectivity index (χ2v) is 5.19. The number of aromatic nitrogens is 2. The molecule has 128 valence electrons. The van der Waals surface area contributed by atoms with Crippen LogP contribution >= 0.6 is 0 Å². The number of nitrogens with one attached hydrogen (secondary N) is 1. The average Bonchev–Trinajstić information content (AvgIpc) is 3.10. The summed E-state index contributed by atoms with van der Waals surface area (Å²) in [5.41, 5.74) is 1.48. The van der Waals surface area contributed by atoms with Crippen LogP contribution in [0.3, 0.4) is 0 Å². The molecule has 0 aliphatic heterocycles. The van der Waals surface area contributed by atoms with Gasteiger partial charge in [-0.1, -0.05) is 35.4 Å². The number of ether oxygens (including phenoxy) is 2. The molecular formula is C18H17N3O4. The van der Waals surface area contributed by atoms with Crippen molar-refractivity contribution in [2.75, 3.05) is 19.5 Å². The maximum absolute atomic E-state index is 12.1. The largest absolute Gasteiger partial charge is 0.497 e. The summed E-state index contributed by atoms with van der Waals surface area (Å²) >= 11 is 0. The van der Waals surface area contributed by atoms with E-state index in [1.165, 1.54) is 0 Å². The second-order valence-electron chi connectivity index (χ2n) is 5.19.